The Morgan fingerprint density at radius 3 is 2.19 bits per heavy atom. The zero-order valence-electron chi connectivity index (χ0n) is 36.2. The Labute approximate surface area is 341 Å². The van der Waals surface area contributed by atoms with Crippen molar-refractivity contribution in [2.45, 2.75) is 168 Å². The number of ether oxygens (including phenoxy) is 3. The number of likely N-dealkylation sites (N-methyl/N-ethyl adjacent to an activating group) is 1. The summed E-state index contributed by atoms with van der Waals surface area (Å²) < 4.78 is 17.4. The lowest BCUT2D eigenvalue weighted by atomic mass is 9.83. The molecule has 2 rings (SSSR count). The van der Waals surface area contributed by atoms with Crippen LogP contribution in [0.5, 0.6) is 0 Å². The minimum atomic E-state index is -1.38. The molecule has 0 aromatic rings. The predicted molar refractivity (Wildman–Crippen MR) is 219 cm³/mol. The van der Waals surface area contributed by atoms with Gasteiger partial charge < -0.3 is 45.7 Å². The summed E-state index contributed by atoms with van der Waals surface area (Å²) in [6, 6.07) is -5.04. The fourth-order valence-corrected chi connectivity index (χ4v) is 7.23. The second kappa shape index (κ2) is 24.9. The molecule has 2 fully saturated rings. The summed E-state index contributed by atoms with van der Waals surface area (Å²) in [6.45, 7) is 18.0. The van der Waals surface area contributed by atoms with Crippen molar-refractivity contribution in [3.63, 3.8) is 0 Å². The van der Waals surface area contributed by atoms with Crippen molar-refractivity contribution in [3.05, 3.63) is 12.7 Å². The van der Waals surface area contributed by atoms with Gasteiger partial charge in [-0.15, -0.1) is 6.58 Å². The van der Waals surface area contributed by atoms with Crippen molar-refractivity contribution in [1.29, 1.82) is 0 Å². The van der Waals surface area contributed by atoms with E-state index in [-0.39, 0.29) is 44.1 Å². The maximum Gasteiger partial charge on any atom is 0.407 e. The number of rotatable bonds is 14. The van der Waals surface area contributed by atoms with Crippen LogP contribution in [0.3, 0.4) is 0 Å². The van der Waals surface area contributed by atoms with Crippen molar-refractivity contribution in [1.82, 2.24) is 31.5 Å². The minimum Gasteiger partial charge on any atom is -0.444 e. The van der Waals surface area contributed by atoms with E-state index in [9.17, 15) is 28.8 Å². The van der Waals surface area contributed by atoms with E-state index in [2.05, 4.69) is 40.1 Å². The van der Waals surface area contributed by atoms with Gasteiger partial charge >= 0.3 is 6.09 Å². The van der Waals surface area contributed by atoms with Gasteiger partial charge in [0.1, 0.15) is 29.8 Å². The zero-order chi connectivity index (χ0) is 42.7. The average molecular weight is 807 g/mol. The standard InChI is InChI=1S/C42H74N6O9/c1-11-13-14-18-21-34-29(6)40(53)48(10)33(23-27(3)4)38(51)47-35(30-19-16-15-17-20-30)39(52)45-31(24-43-41(54)57-42(7,8)9)36(49)46-32(26-55-22-12-2)37(50)44-28(5)25-56-34/h12,27-35H,2,11,13-26H2,1,3-10H3,(H,43,54)(H,44,50)(H,45,52)(H,46,49)(H,47,51)/t28-,29-,31+,32+,33+,34-,35+/m1/s1. The fourth-order valence-electron chi connectivity index (χ4n) is 7.23. The normalized spacial score (nSPS) is 26.9. The second-order valence-electron chi connectivity index (χ2n) is 17.2. The van der Waals surface area contributed by atoms with E-state index in [0.717, 1.165) is 44.9 Å². The molecule has 15 nitrogen and oxygen atoms in total. The number of hydrogen-bond acceptors (Lipinski definition) is 9. The summed E-state index contributed by atoms with van der Waals surface area (Å²) in [4.78, 5) is 85.0. The number of unbranched alkanes of at least 4 members (excludes halogenated alkanes) is 3. The molecule has 0 unspecified atom stereocenters. The van der Waals surface area contributed by atoms with Gasteiger partial charge in [0.05, 0.1) is 38.4 Å². The molecule has 5 N–H and O–H groups in total. The van der Waals surface area contributed by atoms with Gasteiger partial charge in [0.25, 0.3) is 0 Å². The molecule has 2 aliphatic rings. The maximum absolute atomic E-state index is 14.4. The summed E-state index contributed by atoms with van der Waals surface area (Å²) >= 11 is 0. The molecular weight excluding hydrogens is 732 g/mol. The number of nitrogens with zero attached hydrogens (tertiary/aromatic N) is 1. The number of amides is 6. The highest BCUT2D eigenvalue weighted by molar-refractivity contribution is 5.96. The fraction of sp³-hybridized carbons (Fsp3) is 0.810. The van der Waals surface area contributed by atoms with Crippen LogP contribution in [-0.4, -0.2) is 116 Å². The Bertz CT molecular complexity index is 1310. The van der Waals surface area contributed by atoms with Gasteiger partial charge in [-0.2, -0.15) is 0 Å². The third kappa shape index (κ3) is 17.8. The number of alkyl carbamates (subject to hydrolysis) is 1. The Kier molecular flexibility index (Phi) is 21.6. The van der Waals surface area contributed by atoms with E-state index in [4.69, 9.17) is 14.2 Å². The molecule has 0 bridgehead atoms. The number of nitrogens with one attached hydrogen (secondary N) is 5. The first-order chi connectivity index (χ1) is 26.9. The van der Waals surface area contributed by atoms with Gasteiger partial charge in [-0.3, -0.25) is 24.0 Å². The van der Waals surface area contributed by atoms with Crippen LogP contribution in [0.25, 0.3) is 0 Å². The summed E-state index contributed by atoms with van der Waals surface area (Å²) in [7, 11) is 1.62. The Hall–Kier alpha value is -3.72. The molecule has 6 amide bonds. The molecule has 15 heteroatoms. The molecule has 0 aromatic carbocycles. The van der Waals surface area contributed by atoms with Crippen molar-refractivity contribution in [2.24, 2.45) is 17.8 Å². The molecule has 0 spiro atoms. The highest BCUT2D eigenvalue weighted by atomic mass is 16.6. The molecular formula is C42H74N6O9. The monoisotopic (exact) mass is 807 g/mol. The number of hydrogen-bond donors (Lipinski definition) is 5. The van der Waals surface area contributed by atoms with Crippen LogP contribution in [0.4, 0.5) is 4.79 Å². The molecule has 1 saturated heterocycles. The lowest BCUT2D eigenvalue weighted by molar-refractivity contribution is -0.147. The van der Waals surface area contributed by atoms with E-state index in [1.165, 1.54) is 11.0 Å². The third-order valence-corrected chi connectivity index (χ3v) is 10.4. The topological polar surface area (TPSA) is 194 Å². The van der Waals surface area contributed by atoms with Crippen LogP contribution in [0.15, 0.2) is 12.7 Å². The van der Waals surface area contributed by atoms with Crippen molar-refractivity contribution in [2.75, 3.05) is 33.4 Å². The summed E-state index contributed by atoms with van der Waals surface area (Å²) in [5, 5.41) is 13.9. The molecule has 1 aliphatic heterocycles. The molecule has 1 aliphatic carbocycles. The van der Waals surface area contributed by atoms with Crippen molar-refractivity contribution < 1.29 is 43.0 Å². The Balaban J connectivity index is 2.65. The van der Waals surface area contributed by atoms with Gasteiger partial charge in [-0.1, -0.05) is 78.7 Å². The third-order valence-electron chi connectivity index (χ3n) is 10.4. The van der Waals surface area contributed by atoms with Crippen LogP contribution in [0.1, 0.15) is 126 Å². The summed E-state index contributed by atoms with van der Waals surface area (Å²) in [6.07, 6.45) is 9.14. The van der Waals surface area contributed by atoms with Crippen LogP contribution >= 0.6 is 0 Å². The van der Waals surface area contributed by atoms with Crippen LogP contribution in [0, 0.1) is 17.8 Å². The van der Waals surface area contributed by atoms with Crippen LogP contribution in [0.2, 0.25) is 0 Å². The van der Waals surface area contributed by atoms with E-state index in [1.807, 2.05) is 20.8 Å². The quantitative estimate of drug-likeness (QED) is 0.127. The zero-order valence-corrected chi connectivity index (χ0v) is 36.2. The average Bonchev–Trinajstić information content (AvgIpc) is 3.15. The molecule has 1 heterocycles. The van der Waals surface area contributed by atoms with Gasteiger partial charge in [-0.05, 0) is 65.2 Å². The van der Waals surface area contributed by atoms with E-state index < -0.39 is 77.6 Å². The molecule has 0 aromatic heterocycles. The predicted octanol–water partition coefficient (Wildman–Crippen LogP) is 4.13. The largest absolute Gasteiger partial charge is 0.444 e. The van der Waals surface area contributed by atoms with E-state index >= 15 is 0 Å². The number of carbonyl (C=O) groups is 6. The number of carbonyl (C=O) groups excluding carboxylic acids is 6. The smallest absolute Gasteiger partial charge is 0.407 e. The molecule has 0 radical (unpaired) electrons. The Morgan fingerprint density at radius 1 is 0.930 bits per heavy atom. The molecule has 57 heavy (non-hydrogen) atoms. The first-order valence-corrected chi connectivity index (χ1v) is 21.1. The summed E-state index contributed by atoms with van der Waals surface area (Å²) in [5.41, 5.74) is -0.830. The SMILES string of the molecule is C=CCOC[C@@H]1NC(=O)[C@H](CNC(=O)OC(C)(C)C)NC(=O)[C@H](C2CCCCC2)NC(=O)[C@H](CC(C)C)N(C)C(=O)[C@H](C)[C@@H](CCCCCC)OC[C@@H](C)NC1=O. The highest BCUT2D eigenvalue weighted by Gasteiger charge is 2.39. The molecule has 7 atom stereocenters. The first-order valence-electron chi connectivity index (χ1n) is 21.1. The van der Waals surface area contributed by atoms with Gasteiger partial charge in [-0.25, -0.2) is 4.79 Å². The lowest BCUT2D eigenvalue weighted by Crippen LogP contribution is -2.62. The maximum atomic E-state index is 14.4. The highest BCUT2D eigenvalue weighted by Crippen LogP contribution is 2.28. The first kappa shape index (κ1) is 49.4. The summed E-state index contributed by atoms with van der Waals surface area (Å²) in [5.74, 6) is -3.48. The minimum absolute atomic E-state index is 0.0378. The molecule has 326 valence electrons. The van der Waals surface area contributed by atoms with Gasteiger partial charge in [0, 0.05) is 13.1 Å². The molecule has 1 saturated carbocycles. The second-order valence-corrected chi connectivity index (χ2v) is 17.2. The van der Waals surface area contributed by atoms with Gasteiger partial charge in [0.15, 0.2) is 0 Å². The van der Waals surface area contributed by atoms with Crippen molar-refractivity contribution >= 4 is 35.6 Å². The van der Waals surface area contributed by atoms with Crippen LogP contribution in [-0.2, 0) is 38.2 Å². The van der Waals surface area contributed by atoms with Gasteiger partial charge in [0.2, 0.25) is 29.5 Å². The Morgan fingerprint density at radius 2 is 1.58 bits per heavy atom. The van der Waals surface area contributed by atoms with E-state index in [1.54, 1.807) is 34.7 Å². The van der Waals surface area contributed by atoms with E-state index in [0.29, 0.717) is 25.7 Å². The van der Waals surface area contributed by atoms with Crippen molar-refractivity contribution in [3.8, 4) is 0 Å². The van der Waals surface area contributed by atoms with Crippen LogP contribution < -0.4 is 26.6 Å². The lowest BCUT2D eigenvalue weighted by Gasteiger charge is -2.36.